The Kier molecular flexibility index (Phi) is 6.24. The van der Waals surface area contributed by atoms with Crippen molar-refractivity contribution in [3.8, 4) is 0 Å². The van der Waals surface area contributed by atoms with E-state index in [1.165, 1.54) is 0 Å². The fourth-order valence-corrected chi connectivity index (χ4v) is 0.882. The van der Waals surface area contributed by atoms with Crippen molar-refractivity contribution in [2.75, 3.05) is 27.2 Å². The fourth-order valence-electron chi connectivity index (χ4n) is 0.588. The zero-order valence-electron chi connectivity index (χ0n) is 8.04. The van der Waals surface area contributed by atoms with Crippen LogP contribution < -0.4 is 5.73 Å². The highest BCUT2D eigenvalue weighted by molar-refractivity contribution is 7.80. The van der Waals surface area contributed by atoms with Gasteiger partial charge in [-0.15, -0.1) is 0 Å². The fraction of sp³-hybridized carbons (Fsp3) is 0.875. The molecule has 0 aromatic heterocycles. The quantitative estimate of drug-likeness (QED) is 0.510. The van der Waals surface area contributed by atoms with Crippen LogP contribution >= 0.6 is 12.2 Å². The van der Waals surface area contributed by atoms with Crippen molar-refractivity contribution in [1.29, 1.82) is 0 Å². The van der Waals surface area contributed by atoms with Crippen LogP contribution in [0.25, 0.3) is 0 Å². The van der Waals surface area contributed by atoms with Gasteiger partial charge in [-0.1, -0.05) is 0 Å². The van der Waals surface area contributed by atoms with Crippen molar-refractivity contribution in [3.63, 3.8) is 0 Å². The Morgan fingerprint density at radius 1 is 1.58 bits per heavy atom. The summed E-state index contributed by atoms with van der Waals surface area (Å²) in [6, 6.07) is 0.192. The van der Waals surface area contributed by atoms with Gasteiger partial charge in [0.25, 0.3) is 0 Å². The van der Waals surface area contributed by atoms with Crippen LogP contribution in [0.2, 0.25) is 0 Å². The molecule has 0 aliphatic rings. The third-order valence-corrected chi connectivity index (χ3v) is 2.17. The van der Waals surface area contributed by atoms with Crippen LogP contribution in [0.5, 0.6) is 0 Å². The van der Waals surface area contributed by atoms with Gasteiger partial charge >= 0.3 is 0 Å². The first-order chi connectivity index (χ1) is 5.59. The van der Waals surface area contributed by atoms with Crippen LogP contribution in [0.3, 0.4) is 0 Å². The molecule has 0 saturated carbocycles. The van der Waals surface area contributed by atoms with Gasteiger partial charge in [0.1, 0.15) is 0 Å². The Labute approximate surface area is 79.9 Å². The number of hydrogen-bond acceptors (Lipinski definition) is 4. The predicted molar refractivity (Wildman–Crippen MR) is 55.4 cm³/mol. The second kappa shape index (κ2) is 6.34. The Hall–Kier alpha value is -0.190. The zero-order chi connectivity index (χ0) is 9.56. The van der Waals surface area contributed by atoms with E-state index in [9.17, 15) is 0 Å². The SMILES string of the molecule is C[C@@H](C(=S)OCCCN)N(C)C. The highest BCUT2D eigenvalue weighted by Crippen LogP contribution is 1.98. The van der Waals surface area contributed by atoms with Crippen LogP contribution in [0, 0.1) is 0 Å². The summed E-state index contributed by atoms with van der Waals surface area (Å²) in [7, 11) is 3.95. The number of ether oxygens (including phenoxy) is 1. The molecule has 12 heavy (non-hydrogen) atoms. The smallest absolute Gasteiger partial charge is 0.176 e. The van der Waals surface area contributed by atoms with Gasteiger partial charge in [0, 0.05) is 0 Å². The topological polar surface area (TPSA) is 38.5 Å². The van der Waals surface area contributed by atoms with Gasteiger partial charge in [0.05, 0.1) is 12.6 Å². The third-order valence-electron chi connectivity index (χ3n) is 1.71. The van der Waals surface area contributed by atoms with Crippen molar-refractivity contribution in [2.24, 2.45) is 5.73 Å². The minimum Gasteiger partial charge on any atom is -0.485 e. The normalized spacial score (nSPS) is 13.1. The van der Waals surface area contributed by atoms with E-state index in [-0.39, 0.29) is 6.04 Å². The average molecular weight is 190 g/mol. The molecule has 0 aliphatic carbocycles. The monoisotopic (exact) mass is 190 g/mol. The van der Waals surface area contributed by atoms with Crippen molar-refractivity contribution >= 4 is 17.3 Å². The molecule has 0 saturated heterocycles. The Morgan fingerprint density at radius 2 is 2.17 bits per heavy atom. The van der Waals surface area contributed by atoms with E-state index in [0.29, 0.717) is 18.2 Å². The van der Waals surface area contributed by atoms with E-state index >= 15 is 0 Å². The standard InChI is InChI=1S/C8H18N2OS/c1-7(10(2)3)8(12)11-6-4-5-9/h7H,4-6,9H2,1-3H3/t7-/m0/s1. The molecule has 0 unspecified atom stereocenters. The van der Waals surface area contributed by atoms with E-state index in [1.54, 1.807) is 0 Å². The summed E-state index contributed by atoms with van der Waals surface area (Å²) >= 11 is 5.06. The van der Waals surface area contributed by atoms with Crippen LogP contribution in [-0.2, 0) is 4.74 Å². The van der Waals surface area contributed by atoms with Crippen molar-refractivity contribution in [3.05, 3.63) is 0 Å². The molecule has 0 aromatic rings. The molecular formula is C8H18N2OS. The minimum atomic E-state index is 0.192. The lowest BCUT2D eigenvalue weighted by atomic mass is 10.3. The lowest BCUT2D eigenvalue weighted by Gasteiger charge is -2.20. The molecule has 2 N–H and O–H groups in total. The summed E-state index contributed by atoms with van der Waals surface area (Å²) in [4.78, 5) is 2.02. The molecule has 0 heterocycles. The molecule has 0 spiro atoms. The minimum absolute atomic E-state index is 0.192. The molecule has 0 rings (SSSR count). The van der Waals surface area contributed by atoms with Crippen molar-refractivity contribution in [2.45, 2.75) is 19.4 Å². The number of nitrogens with two attached hydrogens (primary N) is 1. The number of thiocarbonyl (C=S) groups is 1. The van der Waals surface area contributed by atoms with Gasteiger partial charge in [-0.05, 0) is 46.2 Å². The van der Waals surface area contributed by atoms with E-state index in [0.717, 1.165) is 6.42 Å². The number of hydrogen-bond donors (Lipinski definition) is 1. The predicted octanol–water partition coefficient (Wildman–Crippen LogP) is 0.629. The van der Waals surface area contributed by atoms with Crippen molar-refractivity contribution < 1.29 is 4.74 Å². The Bertz CT molecular complexity index is 139. The van der Waals surface area contributed by atoms with Crippen LogP contribution in [0.15, 0.2) is 0 Å². The lowest BCUT2D eigenvalue weighted by molar-refractivity contribution is 0.262. The maximum Gasteiger partial charge on any atom is 0.176 e. The Balaban J connectivity index is 3.57. The van der Waals surface area contributed by atoms with Crippen LogP contribution in [-0.4, -0.2) is 43.2 Å². The number of rotatable bonds is 5. The molecule has 0 aromatic carbocycles. The molecule has 4 heteroatoms. The second-order valence-corrected chi connectivity index (χ2v) is 3.35. The summed E-state index contributed by atoms with van der Waals surface area (Å²) in [5, 5.41) is 0.647. The van der Waals surface area contributed by atoms with Gasteiger partial charge in [-0.3, -0.25) is 4.90 Å². The van der Waals surface area contributed by atoms with Crippen LogP contribution in [0.4, 0.5) is 0 Å². The van der Waals surface area contributed by atoms with Gasteiger partial charge in [-0.25, -0.2) is 0 Å². The van der Waals surface area contributed by atoms with Gasteiger partial charge in [-0.2, -0.15) is 0 Å². The lowest BCUT2D eigenvalue weighted by Crippen LogP contribution is -2.33. The summed E-state index contributed by atoms with van der Waals surface area (Å²) in [5.41, 5.74) is 5.32. The highest BCUT2D eigenvalue weighted by atomic mass is 32.1. The first-order valence-electron chi connectivity index (χ1n) is 4.12. The first-order valence-corrected chi connectivity index (χ1v) is 4.53. The summed E-state index contributed by atoms with van der Waals surface area (Å²) in [5.74, 6) is 0. The van der Waals surface area contributed by atoms with Gasteiger partial charge in [0.15, 0.2) is 5.05 Å². The summed E-state index contributed by atoms with van der Waals surface area (Å²) in [6.07, 6.45) is 0.861. The maximum absolute atomic E-state index is 5.32. The number of nitrogens with zero attached hydrogens (tertiary/aromatic N) is 1. The third kappa shape index (κ3) is 4.64. The molecular weight excluding hydrogens is 172 g/mol. The molecule has 0 amide bonds. The molecule has 0 radical (unpaired) electrons. The second-order valence-electron chi connectivity index (χ2n) is 2.95. The largest absolute Gasteiger partial charge is 0.485 e. The maximum atomic E-state index is 5.32. The zero-order valence-corrected chi connectivity index (χ0v) is 8.86. The molecule has 0 aliphatic heterocycles. The number of likely N-dealkylation sites (N-methyl/N-ethyl adjacent to an activating group) is 1. The van der Waals surface area contributed by atoms with Crippen LogP contribution in [0.1, 0.15) is 13.3 Å². The van der Waals surface area contributed by atoms with E-state index < -0.39 is 0 Å². The summed E-state index contributed by atoms with van der Waals surface area (Å²) < 4.78 is 5.32. The summed E-state index contributed by atoms with van der Waals surface area (Å²) in [6.45, 7) is 3.30. The molecule has 0 fully saturated rings. The van der Waals surface area contributed by atoms with E-state index in [2.05, 4.69) is 0 Å². The molecule has 1 atom stereocenters. The molecule has 72 valence electrons. The molecule has 0 bridgehead atoms. The highest BCUT2D eigenvalue weighted by Gasteiger charge is 2.11. The first kappa shape index (κ1) is 11.8. The van der Waals surface area contributed by atoms with Crippen molar-refractivity contribution in [1.82, 2.24) is 4.90 Å². The van der Waals surface area contributed by atoms with E-state index in [4.69, 9.17) is 22.7 Å². The van der Waals surface area contributed by atoms with E-state index in [1.807, 2.05) is 25.9 Å². The van der Waals surface area contributed by atoms with Gasteiger partial charge < -0.3 is 10.5 Å². The Morgan fingerprint density at radius 3 is 2.58 bits per heavy atom. The van der Waals surface area contributed by atoms with Gasteiger partial charge in [0.2, 0.25) is 0 Å². The average Bonchev–Trinajstić information content (AvgIpc) is 2.03. The molecule has 3 nitrogen and oxygen atoms in total.